The molecule has 0 atom stereocenters. The molecular formula is C6H8N2O3. The van der Waals surface area contributed by atoms with Crippen molar-refractivity contribution in [1.29, 1.82) is 0 Å². The molecule has 0 saturated heterocycles. The van der Waals surface area contributed by atoms with Crippen molar-refractivity contribution in [3.05, 3.63) is 11.8 Å². The fourth-order valence-electron chi connectivity index (χ4n) is 0.764. The second-order valence-corrected chi connectivity index (χ2v) is 2.23. The summed E-state index contributed by atoms with van der Waals surface area (Å²) in [5.74, 6) is -1.00. The standard InChI is InChI=1S/C6H8N2O3/c1-8-3-4(5(9)10)2-7-6(8)11/h3H,2H2,1H3,(H,7,11)(H,9,10). The van der Waals surface area contributed by atoms with E-state index in [-0.39, 0.29) is 18.1 Å². The quantitative estimate of drug-likeness (QED) is 0.543. The predicted molar refractivity (Wildman–Crippen MR) is 36.9 cm³/mol. The lowest BCUT2D eigenvalue weighted by molar-refractivity contribution is -0.132. The van der Waals surface area contributed by atoms with Gasteiger partial charge in [0.25, 0.3) is 0 Å². The van der Waals surface area contributed by atoms with E-state index < -0.39 is 5.97 Å². The molecular weight excluding hydrogens is 148 g/mol. The minimum absolute atomic E-state index is 0.0957. The third-order valence-electron chi connectivity index (χ3n) is 1.37. The molecule has 5 heteroatoms. The van der Waals surface area contributed by atoms with Gasteiger partial charge in [-0.05, 0) is 0 Å². The summed E-state index contributed by atoms with van der Waals surface area (Å²) in [6, 6.07) is -0.282. The number of carbonyl (C=O) groups is 2. The van der Waals surface area contributed by atoms with Gasteiger partial charge in [0.2, 0.25) is 0 Å². The maximum absolute atomic E-state index is 10.7. The molecule has 0 aromatic rings. The van der Waals surface area contributed by atoms with Gasteiger partial charge in [0.1, 0.15) is 0 Å². The zero-order chi connectivity index (χ0) is 8.43. The van der Waals surface area contributed by atoms with Crippen LogP contribution in [0.3, 0.4) is 0 Å². The molecule has 11 heavy (non-hydrogen) atoms. The number of carboxylic acids is 1. The van der Waals surface area contributed by atoms with E-state index in [9.17, 15) is 9.59 Å². The van der Waals surface area contributed by atoms with E-state index in [1.54, 1.807) is 0 Å². The Morgan fingerprint density at radius 3 is 2.91 bits per heavy atom. The molecule has 0 radical (unpaired) electrons. The molecule has 0 unspecified atom stereocenters. The number of nitrogens with zero attached hydrogens (tertiary/aromatic N) is 1. The zero-order valence-corrected chi connectivity index (χ0v) is 6.00. The van der Waals surface area contributed by atoms with E-state index in [0.717, 1.165) is 0 Å². The highest BCUT2D eigenvalue weighted by molar-refractivity contribution is 5.90. The Balaban J connectivity index is 2.79. The second-order valence-electron chi connectivity index (χ2n) is 2.23. The Bertz CT molecular complexity index is 234. The van der Waals surface area contributed by atoms with Crippen molar-refractivity contribution in [2.75, 3.05) is 13.6 Å². The van der Waals surface area contributed by atoms with Gasteiger partial charge in [0.05, 0.1) is 12.1 Å². The highest BCUT2D eigenvalue weighted by Crippen LogP contribution is 2.01. The van der Waals surface area contributed by atoms with Gasteiger partial charge in [-0.25, -0.2) is 9.59 Å². The highest BCUT2D eigenvalue weighted by Gasteiger charge is 2.17. The first-order chi connectivity index (χ1) is 5.11. The largest absolute Gasteiger partial charge is 0.478 e. The molecule has 2 N–H and O–H groups in total. The molecule has 1 heterocycles. The van der Waals surface area contributed by atoms with Crippen LogP contribution in [0, 0.1) is 0 Å². The van der Waals surface area contributed by atoms with E-state index in [4.69, 9.17) is 5.11 Å². The van der Waals surface area contributed by atoms with Crippen molar-refractivity contribution in [2.45, 2.75) is 0 Å². The molecule has 0 bridgehead atoms. The second kappa shape index (κ2) is 2.61. The molecule has 0 aromatic carbocycles. The third kappa shape index (κ3) is 1.49. The van der Waals surface area contributed by atoms with Crippen LogP contribution >= 0.6 is 0 Å². The molecule has 5 nitrogen and oxygen atoms in total. The smallest absolute Gasteiger partial charge is 0.334 e. The number of carbonyl (C=O) groups excluding carboxylic acids is 1. The van der Waals surface area contributed by atoms with Crippen LogP contribution in [0.25, 0.3) is 0 Å². The SMILES string of the molecule is CN1C=C(C(=O)O)CNC1=O. The van der Waals surface area contributed by atoms with Crippen molar-refractivity contribution >= 4 is 12.0 Å². The van der Waals surface area contributed by atoms with Crippen molar-refractivity contribution < 1.29 is 14.7 Å². The number of amides is 2. The first kappa shape index (κ1) is 7.59. The summed E-state index contributed by atoms with van der Waals surface area (Å²) in [5, 5.41) is 10.9. The zero-order valence-electron chi connectivity index (χ0n) is 6.00. The lowest BCUT2D eigenvalue weighted by Gasteiger charge is -2.19. The van der Waals surface area contributed by atoms with Gasteiger partial charge in [0, 0.05) is 13.2 Å². The molecule has 0 aliphatic carbocycles. The first-order valence-electron chi connectivity index (χ1n) is 3.06. The van der Waals surface area contributed by atoms with Gasteiger partial charge in [-0.1, -0.05) is 0 Å². The van der Waals surface area contributed by atoms with Crippen LogP contribution in [0.4, 0.5) is 4.79 Å². The van der Waals surface area contributed by atoms with Gasteiger partial charge in [-0.3, -0.25) is 0 Å². The monoisotopic (exact) mass is 156 g/mol. The van der Waals surface area contributed by atoms with Gasteiger partial charge in [-0.15, -0.1) is 0 Å². The van der Waals surface area contributed by atoms with Crippen molar-refractivity contribution in [2.24, 2.45) is 0 Å². The van der Waals surface area contributed by atoms with Crippen LogP contribution in [0.1, 0.15) is 0 Å². The first-order valence-corrected chi connectivity index (χ1v) is 3.06. The Morgan fingerprint density at radius 2 is 2.45 bits per heavy atom. The summed E-state index contributed by atoms with van der Waals surface area (Å²) in [5.41, 5.74) is 0.187. The van der Waals surface area contributed by atoms with E-state index >= 15 is 0 Å². The molecule has 1 rings (SSSR count). The lowest BCUT2D eigenvalue weighted by atomic mass is 10.2. The minimum Gasteiger partial charge on any atom is -0.478 e. The van der Waals surface area contributed by atoms with E-state index in [1.807, 2.05) is 0 Å². The third-order valence-corrected chi connectivity index (χ3v) is 1.37. The number of hydrogen-bond acceptors (Lipinski definition) is 2. The molecule has 0 spiro atoms. The topological polar surface area (TPSA) is 69.6 Å². The van der Waals surface area contributed by atoms with Crippen molar-refractivity contribution in [1.82, 2.24) is 10.2 Å². The Hall–Kier alpha value is -1.52. The Labute approximate surface area is 63.3 Å². The van der Waals surface area contributed by atoms with Gasteiger partial charge < -0.3 is 15.3 Å². The Morgan fingerprint density at radius 1 is 1.82 bits per heavy atom. The van der Waals surface area contributed by atoms with E-state index in [0.29, 0.717) is 0 Å². The molecule has 2 amide bonds. The number of nitrogens with one attached hydrogen (secondary N) is 1. The summed E-state index contributed by atoms with van der Waals surface area (Å²) < 4.78 is 0. The van der Waals surface area contributed by atoms with Crippen LogP contribution in [0.15, 0.2) is 11.8 Å². The van der Waals surface area contributed by atoms with Gasteiger partial charge in [0.15, 0.2) is 0 Å². The van der Waals surface area contributed by atoms with Crippen molar-refractivity contribution in [3.63, 3.8) is 0 Å². The van der Waals surface area contributed by atoms with Crippen LogP contribution in [0.5, 0.6) is 0 Å². The molecule has 0 saturated carbocycles. The van der Waals surface area contributed by atoms with Gasteiger partial charge >= 0.3 is 12.0 Å². The van der Waals surface area contributed by atoms with Crippen LogP contribution < -0.4 is 5.32 Å². The lowest BCUT2D eigenvalue weighted by Crippen LogP contribution is -2.41. The average Bonchev–Trinajstić information content (AvgIpc) is 1.94. The fourth-order valence-corrected chi connectivity index (χ4v) is 0.764. The molecule has 0 fully saturated rings. The maximum Gasteiger partial charge on any atom is 0.334 e. The van der Waals surface area contributed by atoms with Crippen LogP contribution in [-0.4, -0.2) is 35.6 Å². The molecule has 1 aliphatic rings. The summed E-state index contributed by atoms with van der Waals surface area (Å²) in [4.78, 5) is 22.3. The number of carboxylic acid groups (broad SMARTS) is 1. The summed E-state index contributed by atoms with van der Waals surface area (Å²) in [7, 11) is 1.50. The molecule has 60 valence electrons. The predicted octanol–water partition coefficient (Wildman–Crippen LogP) is -0.390. The number of aliphatic carboxylic acids is 1. The van der Waals surface area contributed by atoms with E-state index in [1.165, 1.54) is 18.1 Å². The van der Waals surface area contributed by atoms with E-state index in [2.05, 4.69) is 5.32 Å². The van der Waals surface area contributed by atoms with Crippen LogP contribution in [-0.2, 0) is 4.79 Å². The molecule has 1 aliphatic heterocycles. The summed E-state index contributed by atoms with van der Waals surface area (Å²) >= 11 is 0. The van der Waals surface area contributed by atoms with Gasteiger partial charge in [-0.2, -0.15) is 0 Å². The van der Waals surface area contributed by atoms with Crippen molar-refractivity contribution in [3.8, 4) is 0 Å². The summed E-state index contributed by atoms with van der Waals surface area (Å²) in [6.45, 7) is 0.0957. The highest BCUT2D eigenvalue weighted by atomic mass is 16.4. The normalized spacial score (nSPS) is 17.4. The maximum atomic E-state index is 10.7. The Kier molecular flexibility index (Phi) is 1.80. The molecule has 0 aromatic heterocycles. The number of rotatable bonds is 1. The fraction of sp³-hybridized carbons (Fsp3) is 0.333. The minimum atomic E-state index is -1.00. The number of urea groups is 1. The summed E-state index contributed by atoms with van der Waals surface area (Å²) in [6.07, 6.45) is 1.31. The average molecular weight is 156 g/mol. The number of hydrogen-bond donors (Lipinski definition) is 2. The van der Waals surface area contributed by atoms with Crippen LogP contribution in [0.2, 0.25) is 0 Å².